The lowest BCUT2D eigenvalue weighted by atomic mass is 9.84. The average molecular weight is 530 g/mol. The number of sulfone groups is 1. The molecule has 1 fully saturated rings. The molecule has 6 rings (SSSR count). The van der Waals surface area contributed by atoms with Crippen LogP contribution in [-0.4, -0.2) is 41.1 Å². The summed E-state index contributed by atoms with van der Waals surface area (Å²) < 4.78 is 26.2. The summed E-state index contributed by atoms with van der Waals surface area (Å²) in [6, 6.07) is 12.7. The van der Waals surface area contributed by atoms with E-state index in [4.69, 9.17) is 4.98 Å². The van der Waals surface area contributed by atoms with Crippen molar-refractivity contribution >= 4 is 27.2 Å². The molecule has 3 aromatic heterocycles. The number of amides is 2. The molecule has 1 N–H and O–H groups in total. The summed E-state index contributed by atoms with van der Waals surface area (Å²) in [5.41, 5.74) is 6.61. The highest BCUT2D eigenvalue weighted by Gasteiger charge is 2.47. The highest BCUT2D eigenvalue weighted by molar-refractivity contribution is 7.91. The average Bonchev–Trinajstić information content (AvgIpc) is 3.66. The van der Waals surface area contributed by atoms with Crippen LogP contribution in [0.25, 0.3) is 16.9 Å². The first-order chi connectivity index (χ1) is 18.3. The van der Waals surface area contributed by atoms with Gasteiger partial charge in [0.2, 0.25) is 0 Å². The van der Waals surface area contributed by atoms with Gasteiger partial charge < -0.3 is 9.72 Å². The molecular formula is C29H31N5O3S. The van der Waals surface area contributed by atoms with Gasteiger partial charge in [-0.1, -0.05) is 31.9 Å². The number of urea groups is 1. The van der Waals surface area contributed by atoms with Crippen molar-refractivity contribution in [2.75, 3.05) is 17.2 Å². The molecule has 0 atom stereocenters. The molecule has 0 unspecified atom stereocenters. The number of aromatic nitrogens is 3. The number of hydrogen-bond acceptors (Lipinski definition) is 5. The van der Waals surface area contributed by atoms with Gasteiger partial charge in [-0.05, 0) is 61.2 Å². The van der Waals surface area contributed by atoms with Crippen LogP contribution < -0.4 is 10.2 Å². The maximum atomic E-state index is 13.4. The summed E-state index contributed by atoms with van der Waals surface area (Å²) in [6.07, 6.45) is 10.1. The highest BCUT2D eigenvalue weighted by atomic mass is 32.2. The second kappa shape index (κ2) is 9.23. The fourth-order valence-electron chi connectivity index (χ4n) is 5.88. The Labute approximate surface area is 222 Å². The van der Waals surface area contributed by atoms with Crippen molar-refractivity contribution in [3.8, 4) is 11.3 Å². The SMILES string of the molecule is CCS(=O)(=O)c1ccc(CNC(=O)N2CC3(CCCC3)c3nc(-c4cn5ccnc5cc4C)ccc32)cc1. The number of benzene rings is 1. The quantitative estimate of drug-likeness (QED) is 0.391. The third-order valence-electron chi connectivity index (χ3n) is 8.05. The third-order valence-corrected chi connectivity index (χ3v) is 9.80. The largest absolute Gasteiger partial charge is 0.334 e. The molecule has 2 aliphatic rings. The number of rotatable bonds is 5. The first-order valence-electron chi connectivity index (χ1n) is 13.1. The monoisotopic (exact) mass is 529 g/mol. The summed E-state index contributed by atoms with van der Waals surface area (Å²) in [7, 11) is -3.25. The predicted octanol–water partition coefficient (Wildman–Crippen LogP) is 5.04. The Morgan fingerprint density at radius 2 is 1.87 bits per heavy atom. The van der Waals surface area contributed by atoms with Gasteiger partial charge in [0.25, 0.3) is 0 Å². The molecule has 0 saturated heterocycles. The second-order valence-corrected chi connectivity index (χ2v) is 12.7. The Morgan fingerprint density at radius 3 is 2.61 bits per heavy atom. The van der Waals surface area contributed by atoms with Gasteiger partial charge in [0.05, 0.1) is 27.7 Å². The van der Waals surface area contributed by atoms with Crippen LogP contribution in [0.3, 0.4) is 0 Å². The smallest absolute Gasteiger partial charge is 0.322 e. The number of nitrogens with zero attached hydrogens (tertiary/aromatic N) is 4. The van der Waals surface area contributed by atoms with Gasteiger partial charge in [-0.15, -0.1) is 0 Å². The van der Waals surface area contributed by atoms with Crippen molar-refractivity contribution in [3.63, 3.8) is 0 Å². The minimum absolute atomic E-state index is 0.0622. The van der Waals surface area contributed by atoms with Crippen molar-refractivity contribution in [1.29, 1.82) is 0 Å². The van der Waals surface area contributed by atoms with Crippen LogP contribution >= 0.6 is 0 Å². The lowest BCUT2D eigenvalue weighted by Crippen LogP contribution is -2.41. The Bertz CT molecular complexity index is 1640. The van der Waals surface area contributed by atoms with E-state index in [1.165, 1.54) is 0 Å². The first-order valence-corrected chi connectivity index (χ1v) is 14.8. The second-order valence-electron chi connectivity index (χ2n) is 10.4. The zero-order valence-corrected chi connectivity index (χ0v) is 22.5. The van der Waals surface area contributed by atoms with Crippen LogP contribution in [-0.2, 0) is 21.8 Å². The fourth-order valence-corrected chi connectivity index (χ4v) is 6.76. The summed E-state index contributed by atoms with van der Waals surface area (Å²) in [6.45, 7) is 4.65. The number of carbonyl (C=O) groups excluding carboxylic acids is 1. The van der Waals surface area contributed by atoms with Crippen molar-refractivity contribution in [2.24, 2.45) is 0 Å². The Kier molecular flexibility index (Phi) is 5.98. The topological polar surface area (TPSA) is 96.7 Å². The third kappa shape index (κ3) is 4.15. The van der Waals surface area contributed by atoms with E-state index >= 15 is 0 Å². The van der Waals surface area contributed by atoms with E-state index in [-0.39, 0.29) is 17.2 Å². The molecular weight excluding hydrogens is 498 g/mol. The molecule has 8 nitrogen and oxygen atoms in total. The van der Waals surface area contributed by atoms with Crippen LogP contribution in [0.2, 0.25) is 0 Å². The van der Waals surface area contributed by atoms with Crippen LogP contribution in [0, 0.1) is 6.92 Å². The molecule has 0 bridgehead atoms. The standard InChI is InChI=1S/C29H31N5O3S/c1-3-38(36,37)22-8-6-21(7-9-22)17-31-28(35)34-19-29(12-4-5-13-29)27-25(34)11-10-24(32-27)23-18-33-15-14-30-26(33)16-20(23)2/h6-11,14-16,18H,3-5,12-13,17,19H2,1-2H3,(H,31,35). The number of pyridine rings is 2. The molecule has 196 valence electrons. The van der Waals surface area contributed by atoms with Crippen LogP contribution in [0.1, 0.15) is 49.4 Å². The molecule has 4 heterocycles. The van der Waals surface area contributed by atoms with E-state index in [0.717, 1.165) is 65.1 Å². The maximum Gasteiger partial charge on any atom is 0.322 e. The number of carbonyl (C=O) groups is 1. The van der Waals surface area contributed by atoms with E-state index in [2.05, 4.69) is 29.5 Å². The van der Waals surface area contributed by atoms with Crippen molar-refractivity contribution < 1.29 is 13.2 Å². The van der Waals surface area contributed by atoms with Crippen LogP contribution in [0.15, 0.2) is 66.0 Å². The number of fused-ring (bicyclic) bond motifs is 3. The molecule has 1 aliphatic carbocycles. The van der Waals surface area contributed by atoms with Gasteiger partial charge >= 0.3 is 6.03 Å². The van der Waals surface area contributed by atoms with Gasteiger partial charge in [-0.2, -0.15) is 0 Å². The molecule has 2 amide bonds. The lowest BCUT2D eigenvalue weighted by Gasteiger charge is -2.24. The Balaban J connectivity index is 1.27. The summed E-state index contributed by atoms with van der Waals surface area (Å²) in [5.74, 6) is 0.0622. The van der Waals surface area contributed by atoms with Gasteiger partial charge in [0.15, 0.2) is 9.84 Å². The first kappa shape index (κ1) is 24.6. The van der Waals surface area contributed by atoms with E-state index < -0.39 is 9.84 Å². The number of hydrogen-bond donors (Lipinski definition) is 1. The number of aryl methyl sites for hydroxylation is 1. The molecule has 1 aliphatic heterocycles. The van der Waals surface area contributed by atoms with Crippen molar-refractivity contribution in [1.82, 2.24) is 19.7 Å². The normalized spacial score (nSPS) is 16.3. The summed E-state index contributed by atoms with van der Waals surface area (Å²) in [5, 5.41) is 3.03. The van der Waals surface area contributed by atoms with Crippen LogP contribution in [0.5, 0.6) is 0 Å². The van der Waals surface area contributed by atoms with Gasteiger partial charge in [0.1, 0.15) is 5.65 Å². The number of imidazole rings is 1. The molecule has 9 heteroatoms. The summed E-state index contributed by atoms with van der Waals surface area (Å²) in [4.78, 5) is 25.1. The maximum absolute atomic E-state index is 13.4. The molecule has 1 saturated carbocycles. The van der Waals surface area contributed by atoms with Gasteiger partial charge in [-0.3, -0.25) is 4.90 Å². The molecule has 38 heavy (non-hydrogen) atoms. The van der Waals surface area contributed by atoms with Gasteiger partial charge in [0, 0.05) is 42.7 Å². The molecule has 1 spiro atoms. The van der Waals surface area contributed by atoms with Gasteiger partial charge in [-0.25, -0.2) is 23.2 Å². The fraction of sp³-hybridized carbons (Fsp3) is 0.345. The highest BCUT2D eigenvalue weighted by Crippen LogP contribution is 2.50. The zero-order valence-electron chi connectivity index (χ0n) is 21.6. The van der Waals surface area contributed by atoms with Crippen molar-refractivity contribution in [2.45, 2.75) is 56.4 Å². The Hall–Kier alpha value is -3.72. The minimum atomic E-state index is -3.25. The van der Waals surface area contributed by atoms with E-state index in [1.54, 1.807) is 37.4 Å². The Morgan fingerprint density at radius 1 is 1.11 bits per heavy atom. The molecule has 1 aromatic carbocycles. The number of anilines is 1. The van der Waals surface area contributed by atoms with Crippen molar-refractivity contribution in [3.05, 3.63) is 77.9 Å². The van der Waals surface area contributed by atoms with E-state index in [1.807, 2.05) is 27.6 Å². The molecule has 4 aromatic rings. The zero-order chi connectivity index (χ0) is 26.5. The lowest BCUT2D eigenvalue weighted by molar-refractivity contribution is 0.245. The predicted molar refractivity (Wildman–Crippen MR) is 147 cm³/mol. The molecule has 0 radical (unpaired) electrons. The minimum Gasteiger partial charge on any atom is -0.334 e. The number of nitrogens with one attached hydrogen (secondary N) is 1. The van der Waals surface area contributed by atoms with E-state index in [0.29, 0.717) is 18.0 Å². The van der Waals surface area contributed by atoms with Crippen LogP contribution in [0.4, 0.5) is 10.5 Å². The van der Waals surface area contributed by atoms with E-state index in [9.17, 15) is 13.2 Å². The summed E-state index contributed by atoms with van der Waals surface area (Å²) >= 11 is 0.